The number of carbonyl (C=O) groups excluding carboxylic acids is 1. The van der Waals surface area contributed by atoms with Gasteiger partial charge in [0.05, 0.1) is 0 Å². The third-order valence-electron chi connectivity index (χ3n) is 5.05. The van der Waals surface area contributed by atoms with Crippen molar-refractivity contribution in [3.05, 3.63) is 0 Å². The Labute approximate surface area is 112 Å². The van der Waals surface area contributed by atoms with Crippen LogP contribution in [-0.2, 0) is 4.79 Å². The van der Waals surface area contributed by atoms with Crippen molar-refractivity contribution in [3.8, 4) is 0 Å². The van der Waals surface area contributed by atoms with Crippen LogP contribution in [0.4, 0.5) is 0 Å². The fourth-order valence-corrected chi connectivity index (χ4v) is 3.27. The molecule has 1 fully saturated rings. The second-order valence-electron chi connectivity index (χ2n) is 6.62. The summed E-state index contributed by atoms with van der Waals surface area (Å²) in [5.74, 6) is 0.831. The third-order valence-corrected chi connectivity index (χ3v) is 5.05. The molecule has 1 rings (SSSR count). The summed E-state index contributed by atoms with van der Waals surface area (Å²) in [5.41, 5.74) is 6.16. The van der Waals surface area contributed by atoms with Crippen molar-refractivity contribution in [2.24, 2.45) is 23.0 Å². The van der Waals surface area contributed by atoms with Gasteiger partial charge in [-0.25, -0.2) is 0 Å². The summed E-state index contributed by atoms with van der Waals surface area (Å²) in [4.78, 5) is 14.7. The fraction of sp³-hybridized carbons (Fsp3) is 0.933. The van der Waals surface area contributed by atoms with Crippen LogP contribution in [0.5, 0.6) is 0 Å². The first-order valence-electron chi connectivity index (χ1n) is 7.29. The Hall–Kier alpha value is -0.570. The third kappa shape index (κ3) is 2.71. The van der Waals surface area contributed by atoms with E-state index in [2.05, 4.69) is 41.5 Å². The van der Waals surface area contributed by atoms with Gasteiger partial charge in [0.2, 0.25) is 5.91 Å². The molecular weight excluding hydrogens is 224 g/mol. The topological polar surface area (TPSA) is 46.3 Å². The van der Waals surface area contributed by atoms with Gasteiger partial charge in [-0.15, -0.1) is 0 Å². The summed E-state index contributed by atoms with van der Waals surface area (Å²) in [6, 6.07) is 0.516. The van der Waals surface area contributed by atoms with Crippen molar-refractivity contribution in [1.82, 2.24) is 4.90 Å². The van der Waals surface area contributed by atoms with Gasteiger partial charge in [0.25, 0.3) is 0 Å². The van der Waals surface area contributed by atoms with Crippen LogP contribution in [0.15, 0.2) is 0 Å². The highest BCUT2D eigenvalue weighted by Gasteiger charge is 2.46. The lowest BCUT2D eigenvalue weighted by molar-refractivity contribution is -0.145. The van der Waals surface area contributed by atoms with Gasteiger partial charge < -0.3 is 10.6 Å². The lowest BCUT2D eigenvalue weighted by Gasteiger charge is -2.47. The molecule has 0 radical (unpaired) electrons. The predicted octanol–water partition coefficient (Wildman–Crippen LogP) is 2.64. The Bertz CT molecular complexity index is 299. The summed E-state index contributed by atoms with van der Waals surface area (Å²) in [5, 5.41) is 0. The minimum atomic E-state index is -0.00292. The standard InChI is InChI=1S/C15H30N2O/c1-7-17(10(2)3)14(18)12-8-9-13(16)11(4)15(12,5)6/h10-13H,7-9,16H2,1-6H3. The molecule has 0 heterocycles. The molecule has 106 valence electrons. The summed E-state index contributed by atoms with van der Waals surface area (Å²) in [6.07, 6.45) is 1.90. The molecule has 0 aromatic heterocycles. The van der Waals surface area contributed by atoms with Gasteiger partial charge >= 0.3 is 0 Å². The fourth-order valence-electron chi connectivity index (χ4n) is 3.27. The molecule has 18 heavy (non-hydrogen) atoms. The molecule has 0 aromatic carbocycles. The van der Waals surface area contributed by atoms with Gasteiger partial charge in [0.15, 0.2) is 0 Å². The maximum atomic E-state index is 12.7. The zero-order valence-corrected chi connectivity index (χ0v) is 12.9. The highest BCUT2D eigenvalue weighted by Crippen LogP contribution is 2.45. The Morgan fingerprint density at radius 3 is 2.39 bits per heavy atom. The van der Waals surface area contributed by atoms with E-state index < -0.39 is 0 Å². The summed E-state index contributed by atoms with van der Waals surface area (Å²) in [6.45, 7) is 13.6. The van der Waals surface area contributed by atoms with E-state index in [0.717, 1.165) is 19.4 Å². The van der Waals surface area contributed by atoms with Crippen LogP contribution in [0, 0.1) is 17.3 Å². The average molecular weight is 254 g/mol. The van der Waals surface area contributed by atoms with Gasteiger partial charge in [-0.2, -0.15) is 0 Å². The van der Waals surface area contributed by atoms with Crippen LogP contribution in [0.25, 0.3) is 0 Å². The minimum absolute atomic E-state index is 0.00292. The van der Waals surface area contributed by atoms with Gasteiger partial charge in [-0.3, -0.25) is 4.79 Å². The number of nitrogens with zero attached hydrogens (tertiary/aromatic N) is 1. The van der Waals surface area contributed by atoms with E-state index in [4.69, 9.17) is 5.73 Å². The summed E-state index contributed by atoms with van der Waals surface area (Å²) in [7, 11) is 0. The zero-order valence-electron chi connectivity index (χ0n) is 12.9. The Kier molecular flexibility index (Phi) is 4.82. The molecule has 3 atom stereocenters. The molecule has 0 aromatic rings. The van der Waals surface area contributed by atoms with Crippen LogP contribution in [0.3, 0.4) is 0 Å². The second kappa shape index (κ2) is 5.60. The van der Waals surface area contributed by atoms with Crippen molar-refractivity contribution < 1.29 is 4.79 Å². The van der Waals surface area contributed by atoms with Gasteiger partial charge in [0, 0.05) is 24.5 Å². The first-order valence-corrected chi connectivity index (χ1v) is 7.29. The van der Waals surface area contributed by atoms with E-state index in [0.29, 0.717) is 11.8 Å². The molecule has 3 nitrogen and oxygen atoms in total. The smallest absolute Gasteiger partial charge is 0.226 e. The molecule has 3 unspecified atom stereocenters. The maximum Gasteiger partial charge on any atom is 0.226 e. The first-order chi connectivity index (χ1) is 8.23. The Morgan fingerprint density at radius 2 is 1.94 bits per heavy atom. The van der Waals surface area contributed by atoms with Crippen molar-refractivity contribution in [2.45, 2.75) is 66.5 Å². The van der Waals surface area contributed by atoms with Gasteiger partial charge in [-0.1, -0.05) is 20.8 Å². The maximum absolute atomic E-state index is 12.7. The van der Waals surface area contributed by atoms with Crippen molar-refractivity contribution >= 4 is 5.91 Å². The van der Waals surface area contributed by atoms with Crippen LogP contribution < -0.4 is 5.73 Å². The highest BCUT2D eigenvalue weighted by molar-refractivity contribution is 5.80. The highest BCUT2D eigenvalue weighted by atomic mass is 16.2. The van der Waals surface area contributed by atoms with Crippen molar-refractivity contribution in [1.29, 1.82) is 0 Å². The molecule has 1 saturated carbocycles. The molecule has 1 aliphatic rings. The molecule has 1 aliphatic carbocycles. The molecule has 0 bridgehead atoms. The minimum Gasteiger partial charge on any atom is -0.340 e. The number of carbonyl (C=O) groups is 1. The van der Waals surface area contributed by atoms with E-state index in [1.165, 1.54) is 0 Å². The van der Waals surface area contributed by atoms with Gasteiger partial charge in [0.1, 0.15) is 0 Å². The summed E-state index contributed by atoms with van der Waals surface area (Å²) >= 11 is 0. The largest absolute Gasteiger partial charge is 0.340 e. The van der Waals surface area contributed by atoms with E-state index in [-0.39, 0.29) is 23.4 Å². The number of rotatable bonds is 3. The predicted molar refractivity (Wildman–Crippen MR) is 76.2 cm³/mol. The lowest BCUT2D eigenvalue weighted by atomic mass is 9.60. The Morgan fingerprint density at radius 1 is 1.39 bits per heavy atom. The second-order valence-corrected chi connectivity index (χ2v) is 6.62. The first kappa shape index (κ1) is 15.5. The van der Waals surface area contributed by atoms with E-state index in [9.17, 15) is 4.79 Å². The Balaban J connectivity index is 2.91. The average Bonchev–Trinajstić information content (AvgIpc) is 2.26. The number of hydrogen-bond acceptors (Lipinski definition) is 2. The number of amides is 1. The molecule has 0 saturated heterocycles. The summed E-state index contributed by atoms with van der Waals surface area (Å²) < 4.78 is 0. The SMILES string of the molecule is CCN(C(=O)C1CCC(N)C(C)C1(C)C)C(C)C. The van der Waals surface area contributed by atoms with E-state index in [1.54, 1.807) is 0 Å². The zero-order chi connectivity index (χ0) is 14.1. The van der Waals surface area contributed by atoms with Crippen LogP contribution in [-0.4, -0.2) is 29.4 Å². The van der Waals surface area contributed by atoms with Crippen LogP contribution in [0.2, 0.25) is 0 Å². The van der Waals surface area contributed by atoms with Crippen LogP contribution >= 0.6 is 0 Å². The lowest BCUT2D eigenvalue weighted by Crippen LogP contribution is -2.53. The molecule has 3 heteroatoms. The van der Waals surface area contributed by atoms with E-state index in [1.807, 2.05) is 4.90 Å². The molecule has 1 amide bonds. The molecular formula is C15H30N2O. The monoisotopic (exact) mass is 254 g/mol. The number of hydrogen-bond donors (Lipinski definition) is 1. The van der Waals surface area contributed by atoms with Crippen molar-refractivity contribution in [2.75, 3.05) is 6.54 Å². The van der Waals surface area contributed by atoms with Crippen molar-refractivity contribution in [3.63, 3.8) is 0 Å². The normalized spacial score (nSPS) is 31.4. The van der Waals surface area contributed by atoms with Gasteiger partial charge in [-0.05, 0) is 44.9 Å². The van der Waals surface area contributed by atoms with E-state index >= 15 is 0 Å². The molecule has 0 aliphatic heterocycles. The van der Waals surface area contributed by atoms with Crippen LogP contribution in [0.1, 0.15) is 54.4 Å². The number of nitrogens with two attached hydrogens (primary N) is 1. The molecule has 2 N–H and O–H groups in total. The molecule has 0 spiro atoms. The quantitative estimate of drug-likeness (QED) is 0.841.